The average molecular weight is 234 g/mol. The van der Waals surface area contributed by atoms with Gasteiger partial charge in [0.1, 0.15) is 11.9 Å². The SMILES string of the molecule is CC1Cc2cc(CCCCC(=O)O)ccc2O1. The summed E-state index contributed by atoms with van der Waals surface area (Å²) in [6.45, 7) is 2.08. The number of fused-ring (bicyclic) bond motifs is 1. The zero-order chi connectivity index (χ0) is 12.3. The Labute approximate surface area is 101 Å². The number of aliphatic carboxylic acids is 1. The Balaban J connectivity index is 1.86. The Morgan fingerprint density at radius 2 is 2.29 bits per heavy atom. The number of rotatable bonds is 5. The third-order valence-electron chi connectivity index (χ3n) is 3.07. The summed E-state index contributed by atoms with van der Waals surface area (Å²) in [6, 6.07) is 6.31. The van der Waals surface area contributed by atoms with E-state index in [0.717, 1.165) is 31.4 Å². The van der Waals surface area contributed by atoms with Crippen LogP contribution in [-0.2, 0) is 17.6 Å². The molecule has 0 spiro atoms. The molecule has 0 saturated heterocycles. The smallest absolute Gasteiger partial charge is 0.303 e. The van der Waals surface area contributed by atoms with Crippen molar-refractivity contribution in [2.75, 3.05) is 0 Å². The van der Waals surface area contributed by atoms with E-state index >= 15 is 0 Å². The number of benzene rings is 1. The summed E-state index contributed by atoms with van der Waals surface area (Å²) in [5.41, 5.74) is 2.57. The minimum Gasteiger partial charge on any atom is -0.490 e. The van der Waals surface area contributed by atoms with E-state index in [-0.39, 0.29) is 12.5 Å². The maximum atomic E-state index is 10.4. The van der Waals surface area contributed by atoms with Gasteiger partial charge >= 0.3 is 5.97 Å². The number of ether oxygens (including phenoxy) is 1. The molecule has 0 fully saturated rings. The van der Waals surface area contributed by atoms with Gasteiger partial charge in [-0.1, -0.05) is 12.1 Å². The number of hydrogen-bond donors (Lipinski definition) is 1. The molecular formula is C14H18O3. The van der Waals surface area contributed by atoms with Crippen LogP contribution in [0.15, 0.2) is 18.2 Å². The molecule has 0 saturated carbocycles. The molecule has 0 radical (unpaired) electrons. The monoisotopic (exact) mass is 234 g/mol. The average Bonchev–Trinajstić information content (AvgIpc) is 2.63. The summed E-state index contributed by atoms with van der Waals surface area (Å²) in [4.78, 5) is 10.4. The van der Waals surface area contributed by atoms with Gasteiger partial charge in [-0.25, -0.2) is 0 Å². The van der Waals surface area contributed by atoms with Crippen molar-refractivity contribution in [1.29, 1.82) is 0 Å². The van der Waals surface area contributed by atoms with Crippen molar-refractivity contribution in [2.45, 2.75) is 45.1 Å². The van der Waals surface area contributed by atoms with Crippen molar-refractivity contribution in [3.05, 3.63) is 29.3 Å². The second-order valence-corrected chi connectivity index (χ2v) is 4.68. The van der Waals surface area contributed by atoms with E-state index in [9.17, 15) is 4.79 Å². The summed E-state index contributed by atoms with van der Waals surface area (Å²) in [6.07, 6.45) is 4.17. The van der Waals surface area contributed by atoms with Crippen molar-refractivity contribution >= 4 is 5.97 Å². The minimum absolute atomic E-state index is 0.269. The highest BCUT2D eigenvalue weighted by atomic mass is 16.5. The molecule has 1 heterocycles. The first kappa shape index (κ1) is 12.0. The number of unbranched alkanes of at least 4 members (excludes halogenated alkanes) is 1. The molecule has 92 valence electrons. The lowest BCUT2D eigenvalue weighted by atomic mass is 10.0. The highest BCUT2D eigenvalue weighted by molar-refractivity contribution is 5.66. The number of carbonyl (C=O) groups is 1. The van der Waals surface area contributed by atoms with Crippen LogP contribution >= 0.6 is 0 Å². The van der Waals surface area contributed by atoms with Crippen molar-refractivity contribution in [3.63, 3.8) is 0 Å². The van der Waals surface area contributed by atoms with Gasteiger partial charge < -0.3 is 9.84 Å². The first-order chi connectivity index (χ1) is 8.15. The summed E-state index contributed by atoms with van der Waals surface area (Å²) in [5, 5.41) is 8.55. The normalized spacial score (nSPS) is 17.6. The van der Waals surface area contributed by atoms with Crippen LogP contribution in [0.1, 0.15) is 37.3 Å². The second kappa shape index (κ2) is 5.21. The van der Waals surface area contributed by atoms with Crippen LogP contribution in [0.3, 0.4) is 0 Å². The summed E-state index contributed by atoms with van der Waals surface area (Å²) < 4.78 is 5.64. The fourth-order valence-electron chi connectivity index (χ4n) is 2.24. The lowest BCUT2D eigenvalue weighted by Gasteiger charge is -2.04. The molecule has 1 aliphatic heterocycles. The topological polar surface area (TPSA) is 46.5 Å². The summed E-state index contributed by atoms with van der Waals surface area (Å²) in [5.74, 6) is 0.299. The molecule has 0 aromatic heterocycles. The van der Waals surface area contributed by atoms with E-state index in [1.165, 1.54) is 11.1 Å². The van der Waals surface area contributed by atoms with E-state index in [2.05, 4.69) is 19.1 Å². The molecule has 1 aliphatic rings. The Kier molecular flexibility index (Phi) is 3.67. The standard InChI is InChI=1S/C14H18O3/c1-10-8-12-9-11(6-7-13(12)17-10)4-2-3-5-14(15)16/h6-7,9-10H,2-5,8H2,1H3,(H,15,16). The van der Waals surface area contributed by atoms with Gasteiger partial charge in [0.25, 0.3) is 0 Å². The van der Waals surface area contributed by atoms with E-state index in [1.807, 2.05) is 6.07 Å². The van der Waals surface area contributed by atoms with Gasteiger partial charge in [-0.05, 0) is 43.4 Å². The predicted octanol–water partition coefficient (Wildman–Crippen LogP) is 2.81. The highest BCUT2D eigenvalue weighted by Crippen LogP contribution is 2.29. The number of carboxylic acid groups (broad SMARTS) is 1. The summed E-state index contributed by atoms with van der Waals surface area (Å²) >= 11 is 0. The molecule has 3 nitrogen and oxygen atoms in total. The second-order valence-electron chi connectivity index (χ2n) is 4.68. The molecule has 1 N–H and O–H groups in total. The Morgan fingerprint density at radius 1 is 1.47 bits per heavy atom. The lowest BCUT2D eigenvalue weighted by Crippen LogP contribution is -2.05. The minimum atomic E-state index is -0.707. The van der Waals surface area contributed by atoms with Crippen molar-refractivity contribution in [1.82, 2.24) is 0 Å². The molecule has 3 heteroatoms. The fraction of sp³-hybridized carbons (Fsp3) is 0.500. The molecule has 1 atom stereocenters. The van der Waals surface area contributed by atoms with Crippen LogP contribution in [0, 0.1) is 0 Å². The maximum absolute atomic E-state index is 10.4. The predicted molar refractivity (Wildman–Crippen MR) is 65.4 cm³/mol. The molecular weight excluding hydrogens is 216 g/mol. The number of aryl methyl sites for hydroxylation is 1. The van der Waals surface area contributed by atoms with Gasteiger partial charge in [-0.15, -0.1) is 0 Å². The first-order valence-electron chi connectivity index (χ1n) is 6.15. The van der Waals surface area contributed by atoms with Crippen molar-refractivity contribution < 1.29 is 14.6 Å². The Morgan fingerprint density at radius 3 is 3.06 bits per heavy atom. The van der Waals surface area contributed by atoms with Crippen LogP contribution in [-0.4, -0.2) is 17.2 Å². The molecule has 17 heavy (non-hydrogen) atoms. The van der Waals surface area contributed by atoms with Crippen molar-refractivity contribution in [3.8, 4) is 5.75 Å². The molecule has 0 bridgehead atoms. The van der Waals surface area contributed by atoms with Crippen LogP contribution in [0.5, 0.6) is 5.75 Å². The van der Waals surface area contributed by atoms with Gasteiger partial charge in [0.2, 0.25) is 0 Å². The van der Waals surface area contributed by atoms with E-state index in [0.29, 0.717) is 0 Å². The van der Waals surface area contributed by atoms with Crippen LogP contribution in [0.2, 0.25) is 0 Å². The molecule has 0 amide bonds. The van der Waals surface area contributed by atoms with Crippen LogP contribution in [0.4, 0.5) is 0 Å². The van der Waals surface area contributed by atoms with E-state index < -0.39 is 5.97 Å². The lowest BCUT2D eigenvalue weighted by molar-refractivity contribution is -0.137. The third-order valence-corrected chi connectivity index (χ3v) is 3.07. The van der Waals surface area contributed by atoms with Crippen molar-refractivity contribution in [2.24, 2.45) is 0 Å². The van der Waals surface area contributed by atoms with Crippen LogP contribution < -0.4 is 4.74 Å². The first-order valence-corrected chi connectivity index (χ1v) is 6.15. The van der Waals surface area contributed by atoms with Gasteiger partial charge in [0.15, 0.2) is 0 Å². The quantitative estimate of drug-likeness (QED) is 0.797. The molecule has 0 aliphatic carbocycles. The summed E-state index contributed by atoms with van der Waals surface area (Å²) in [7, 11) is 0. The fourth-order valence-corrected chi connectivity index (χ4v) is 2.24. The highest BCUT2D eigenvalue weighted by Gasteiger charge is 2.18. The molecule has 2 rings (SSSR count). The van der Waals surface area contributed by atoms with E-state index in [1.54, 1.807) is 0 Å². The zero-order valence-electron chi connectivity index (χ0n) is 10.1. The Hall–Kier alpha value is -1.51. The maximum Gasteiger partial charge on any atom is 0.303 e. The largest absolute Gasteiger partial charge is 0.490 e. The molecule has 1 aromatic carbocycles. The molecule has 1 unspecified atom stereocenters. The van der Waals surface area contributed by atoms with Gasteiger partial charge in [0.05, 0.1) is 0 Å². The van der Waals surface area contributed by atoms with Crippen LogP contribution in [0.25, 0.3) is 0 Å². The van der Waals surface area contributed by atoms with Gasteiger partial charge in [-0.2, -0.15) is 0 Å². The third kappa shape index (κ3) is 3.22. The van der Waals surface area contributed by atoms with Gasteiger partial charge in [-0.3, -0.25) is 4.79 Å². The number of carboxylic acids is 1. The molecule has 1 aromatic rings. The Bertz CT molecular complexity index is 412. The van der Waals surface area contributed by atoms with Gasteiger partial charge in [0, 0.05) is 12.8 Å². The number of hydrogen-bond acceptors (Lipinski definition) is 2. The zero-order valence-corrected chi connectivity index (χ0v) is 10.1. The van der Waals surface area contributed by atoms with E-state index in [4.69, 9.17) is 9.84 Å².